The molecule has 38 heavy (non-hydrogen) atoms. The molecule has 0 N–H and O–H groups in total. The molecule has 0 unspecified atom stereocenters. The Bertz CT molecular complexity index is 1330. The third-order valence-electron chi connectivity index (χ3n) is 5.84. The molecule has 1 heterocycles. The molecule has 1 aromatic heterocycles. The van der Waals surface area contributed by atoms with Crippen molar-refractivity contribution in [2.75, 3.05) is 0 Å². The van der Waals surface area contributed by atoms with Gasteiger partial charge in [-0.3, -0.25) is 4.98 Å². The van der Waals surface area contributed by atoms with E-state index in [9.17, 15) is 0 Å². The van der Waals surface area contributed by atoms with E-state index in [0.29, 0.717) is 43.7 Å². The number of hydrogen-bond donors (Lipinski definition) is 0. The highest BCUT2D eigenvalue weighted by Crippen LogP contribution is 2.40. The summed E-state index contributed by atoms with van der Waals surface area (Å²) in [5, 5.41) is 0. The van der Waals surface area contributed by atoms with Crippen molar-refractivity contribution in [2.24, 2.45) is 0 Å². The van der Waals surface area contributed by atoms with Crippen LogP contribution >= 0.6 is 0 Å². The molecule has 0 radical (unpaired) electrons. The average Bonchev–Trinajstić information content (AvgIpc) is 2.99. The minimum Gasteiger partial charge on any atom is -0.489 e. The molecule has 0 saturated carbocycles. The van der Waals surface area contributed by atoms with Gasteiger partial charge in [0.2, 0.25) is 5.75 Å². The van der Waals surface area contributed by atoms with Crippen LogP contribution in [0.25, 0.3) is 0 Å². The molecule has 0 aliphatic carbocycles. The molecule has 0 spiro atoms. The minimum atomic E-state index is 0.340. The van der Waals surface area contributed by atoms with Crippen LogP contribution in [0.15, 0.2) is 128 Å². The average molecular weight is 504 g/mol. The highest BCUT2D eigenvalue weighted by molar-refractivity contribution is 5.54. The van der Waals surface area contributed by atoms with Gasteiger partial charge in [-0.05, 0) is 46.5 Å². The number of benzene rings is 4. The smallest absolute Gasteiger partial charge is 0.203 e. The van der Waals surface area contributed by atoms with Gasteiger partial charge in [-0.2, -0.15) is 0 Å². The Morgan fingerprint density at radius 1 is 0.421 bits per heavy atom. The monoisotopic (exact) mass is 503 g/mol. The Morgan fingerprint density at radius 3 is 1.32 bits per heavy atom. The fourth-order valence-corrected chi connectivity index (χ4v) is 3.87. The van der Waals surface area contributed by atoms with Crippen LogP contribution in [0, 0.1) is 0 Å². The van der Waals surface area contributed by atoms with E-state index >= 15 is 0 Å². The van der Waals surface area contributed by atoms with Gasteiger partial charge in [0.1, 0.15) is 32.2 Å². The number of aromatic nitrogens is 1. The van der Waals surface area contributed by atoms with Crippen LogP contribution in [-0.2, 0) is 26.4 Å². The Hall–Kier alpha value is -4.77. The van der Waals surface area contributed by atoms with Crippen molar-refractivity contribution in [3.63, 3.8) is 0 Å². The van der Waals surface area contributed by atoms with Crippen molar-refractivity contribution in [1.82, 2.24) is 4.98 Å². The second-order valence-electron chi connectivity index (χ2n) is 8.72. The zero-order valence-corrected chi connectivity index (χ0v) is 21.0. The summed E-state index contributed by atoms with van der Waals surface area (Å²) in [5.41, 5.74) is 4.08. The van der Waals surface area contributed by atoms with E-state index in [-0.39, 0.29) is 0 Å². The van der Waals surface area contributed by atoms with Crippen LogP contribution in [0.4, 0.5) is 0 Å². The maximum absolute atomic E-state index is 6.35. The molecule has 0 aliphatic rings. The maximum Gasteiger partial charge on any atom is 0.203 e. The minimum absolute atomic E-state index is 0.340. The lowest BCUT2D eigenvalue weighted by Gasteiger charge is -2.19. The summed E-state index contributed by atoms with van der Waals surface area (Å²) in [7, 11) is 0. The second-order valence-corrected chi connectivity index (χ2v) is 8.72. The Kier molecular flexibility index (Phi) is 8.50. The van der Waals surface area contributed by atoms with Crippen LogP contribution in [0.1, 0.15) is 22.3 Å². The molecular weight excluding hydrogens is 474 g/mol. The van der Waals surface area contributed by atoms with E-state index in [0.717, 1.165) is 28.0 Å². The largest absolute Gasteiger partial charge is 0.489 e. The van der Waals surface area contributed by atoms with Crippen LogP contribution < -0.4 is 18.9 Å². The summed E-state index contributed by atoms with van der Waals surface area (Å²) in [5.74, 6) is 2.50. The highest BCUT2D eigenvalue weighted by Gasteiger charge is 2.17. The molecule has 0 amide bonds. The first-order valence-corrected chi connectivity index (χ1v) is 12.5. The summed E-state index contributed by atoms with van der Waals surface area (Å²) in [6.07, 6.45) is 3.41. The lowest BCUT2D eigenvalue weighted by atomic mass is 10.1. The predicted molar refractivity (Wildman–Crippen MR) is 147 cm³/mol. The SMILES string of the molecule is c1ccc(COc2cc(COc3ccncc3)cc(OCc3ccccc3)c2OCc2ccccc2)cc1. The van der Waals surface area contributed by atoms with Gasteiger partial charge in [0, 0.05) is 12.4 Å². The molecule has 0 saturated heterocycles. The topological polar surface area (TPSA) is 49.8 Å². The molecule has 190 valence electrons. The Labute approximate surface area is 223 Å². The number of ether oxygens (including phenoxy) is 4. The normalized spacial score (nSPS) is 10.5. The first-order valence-electron chi connectivity index (χ1n) is 12.5. The van der Waals surface area contributed by atoms with Crippen molar-refractivity contribution in [3.8, 4) is 23.0 Å². The zero-order valence-electron chi connectivity index (χ0n) is 21.0. The number of pyridine rings is 1. The molecule has 0 bridgehead atoms. The van der Waals surface area contributed by atoms with Gasteiger partial charge in [-0.25, -0.2) is 0 Å². The van der Waals surface area contributed by atoms with E-state index in [1.54, 1.807) is 12.4 Å². The third kappa shape index (κ3) is 7.14. The molecule has 0 fully saturated rings. The van der Waals surface area contributed by atoms with Crippen LogP contribution in [0.2, 0.25) is 0 Å². The summed E-state index contributed by atoms with van der Waals surface area (Å²) < 4.78 is 25.0. The molecule has 5 heteroatoms. The molecule has 5 nitrogen and oxygen atoms in total. The molecule has 5 rings (SSSR count). The van der Waals surface area contributed by atoms with Gasteiger partial charge in [0.15, 0.2) is 11.5 Å². The molecule has 0 atom stereocenters. The van der Waals surface area contributed by atoms with Crippen LogP contribution in [-0.4, -0.2) is 4.98 Å². The van der Waals surface area contributed by atoms with Gasteiger partial charge in [-0.1, -0.05) is 91.0 Å². The summed E-state index contributed by atoms with van der Waals surface area (Å²) in [4.78, 5) is 4.06. The zero-order chi connectivity index (χ0) is 25.8. The lowest BCUT2D eigenvalue weighted by Crippen LogP contribution is -2.06. The van der Waals surface area contributed by atoms with E-state index in [4.69, 9.17) is 18.9 Å². The number of rotatable bonds is 12. The van der Waals surface area contributed by atoms with Crippen LogP contribution in [0.3, 0.4) is 0 Å². The van der Waals surface area contributed by atoms with E-state index in [1.807, 2.05) is 115 Å². The number of nitrogens with zero attached hydrogens (tertiary/aromatic N) is 1. The van der Waals surface area contributed by atoms with Crippen molar-refractivity contribution in [1.29, 1.82) is 0 Å². The van der Waals surface area contributed by atoms with Crippen molar-refractivity contribution in [3.05, 3.63) is 150 Å². The fourth-order valence-electron chi connectivity index (χ4n) is 3.87. The Morgan fingerprint density at radius 2 is 0.842 bits per heavy atom. The van der Waals surface area contributed by atoms with Gasteiger partial charge in [0.05, 0.1) is 0 Å². The summed E-state index contributed by atoms with van der Waals surface area (Å²) in [6, 6.07) is 37.7. The molecule has 4 aromatic carbocycles. The lowest BCUT2D eigenvalue weighted by molar-refractivity contribution is 0.228. The van der Waals surface area contributed by atoms with E-state index < -0.39 is 0 Å². The Balaban J connectivity index is 1.45. The number of hydrogen-bond acceptors (Lipinski definition) is 5. The first kappa shape index (κ1) is 24.9. The predicted octanol–water partition coefficient (Wildman–Crippen LogP) is 7.40. The molecule has 0 aliphatic heterocycles. The van der Waals surface area contributed by atoms with Gasteiger partial charge < -0.3 is 18.9 Å². The van der Waals surface area contributed by atoms with E-state index in [2.05, 4.69) is 4.98 Å². The standard InChI is InChI=1S/C33H29NO4/c1-4-10-26(11-5-1)22-36-31-20-29(25-35-30-16-18-34-19-17-30)21-32(37-23-27-12-6-2-7-13-27)33(31)38-24-28-14-8-3-9-15-28/h1-21H,22-25H2. The molecular formula is C33H29NO4. The fraction of sp³-hybridized carbons (Fsp3) is 0.121. The third-order valence-corrected chi connectivity index (χ3v) is 5.84. The van der Waals surface area contributed by atoms with Gasteiger partial charge >= 0.3 is 0 Å². The maximum atomic E-state index is 6.35. The van der Waals surface area contributed by atoms with Crippen molar-refractivity contribution in [2.45, 2.75) is 26.4 Å². The first-order chi connectivity index (χ1) is 18.8. The quantitative estimate of drug-likeness (QED) is 0.178. The van der Waals surface area contributed by atoms with E-state index in [1.165, 1.54) is 0 Å². The summed E-state index contributed by atoms with van der Waals surface area (Å²) in [6.45, 7) is 1.52. The molecule has 5 aromatic rings. The van der Waals surface area contributed by atoms with Crippen molar-refractivity contribution >= 4 is 0 Å². The second kappa shape index (κ2) is 13.0. The van der Waals surface area contributed by atoms with Gasteiger partial charge in [-0.15, -0.1) is 0 Å². The highest BCUT2D eigenvalue weighted by atomic mass is 16.5. The van der Waals surface area contributed by atoms with Crippen molar-refractivity contribution < 1.29 is 18.9 Å². The van der Waals surface area contributed by atoms with Gasteiger partial charge in [0.25, 0.3) is 0 Å². The summed E-state index contributed by atoms with van der Waals surface area (Å²) >= 11 is 0. The van der Waals surface area contributed by atoms with Crippen LogP contribution in [0.5, 0.6) is 23.0 Å².